The Bertz CT molecular complexity index is 466. The maximum absolute atomic E-state index is 6.82. The fourth-order valence-electron chi connectivity index (χ4n) is 1.25. The first kappa shape index (κ1) is 7.77. The van der Waals surface area contributed by atoms with Crippen LogP contribution in [0.5, 0.6) is 0 Å². The summed E-state index contributed by atoms with van der Waals surface area (Å²) in [6.45, 7) is 6.82. The van der Waals surface area contributed by atoms with Crippen LogP contribution in [-0.2, 0) is 0 Å². The minimum absolute atomic E-state index is 0.611. The van der Waals surface area contributed by atoms with Gasteiger partial charge in [0.25, 0.3) is 0 Å². The number of fused-ring (bicyclic) bond motifs is 1. The van der Waals surface area contributed by atoms with Gasteiger partial charge in [0.1, 0.15) is 0 Å². The van der Waals surface area contributed by atoms with E-state index in [0.29, 0.717) is 0 Å². The molecule has 0 aliphatic heterocycles. The fourth-order valence-corrected chi connectivity index (χ4v) is 1.25. The van der Waals surface area contributed by atoms with Gasteiger partial charge in [-0.1, -0.05) is 6.07 Å². The lowest BCUT2D eigenvalue weighted by Crippen LogP contribution is -2.04. The van der Waals surface area contributed by atoms with E-state index in [1.807, 2.05) is 24.4 Å². The van der Waals surface area contributed by atoms with Crippen LogP contribution in [0.25, 0.3) is 10.4 Å². The third-order valence-electron chi connectivity index (χ3n) is 1.91. The number of hydrogen-bond acceptors (Lipinski definition) is 2. The number of aromatic nitrogens is 2. The van der Waals surface area contributed by atoms with E-state index < -0.39 is 6.17 Å². The second-order valence-electron chi connectivity index (χ2n) is 2.70. The second-order valence-corrected chi connectivity index (χ2v) is 2.70. The average Bonchev–Trinajstić information content (AvgIpc) is 2.60. The van der Waals surface area contributed by atoms with Gasteiger partial charge in [0.05, 0.1) is 17.3 Å². The highest BCUT2D eigenvalue weighted by atomic mass is 15.2. The molecule has 2 N–H and O–H groups in total. The molecule has 2 aromatic heterocycles. The Hall–Kier alpha value is -1.86. The van der Waals surface area contributed by atoms with Crippen LogP contribution in [-0.4, -0.2) is 9.61 Å². The first-order chi connectivity index (χ1) is 6.33. The summed E-state index contributed by atoms with van der Waals surface area (Å²) < 4.78 is 1.71. The molecule has 2 aromatic rings. The first-order valence-corrected chi connectivity index (χ1v) is 3.87. The Kier molecular flexibility index (Phi) is 1.72. The quantitative estimate of drug-likeness (QED) is 0.657. The van der Waals surface area contributed by atoms with Crippen molar-refractivity contribution in [2.24, 2.45) is 5.73 Å². The van der Waals surface area contributed by atoms with Gasteiger partial charge in [-0.25, -0.2) is 11.1 Å². The third-order valence-corrected chi connectivity index (χ3v) is 1.91. The fraction of sp³-hybridized carbons (Fsp3) is 0.111. The minimum Gasteiger partial charge on any atom is -0.291 e. The van der Waals surface area contributed by atoms with E-state index in [1.54, 1.807) is 10.7 Å². The monoisotopic (exact) mass is 172 g/mol. The van der Waals surface area contributed by atoms with Crippen molar-refractivity contribution in [3.63, 3.8) is 0 Å². The third kappa shape index (κ3) is 1.15. The maximum atomic E-state index is 6.82. The lowest BCUT2D eigenvalue weighted by atomic mass is 10.2. The average molecular weight is 172 g/mol. The molecule has 4 nitrogen and oxygen atoms in total. The Balaban J connectivity index is 2.66. The first-order valence-electron chi connectivity index (χ1n) is 3.87. The van der Waals surface area contributed by atoms with Crippen molar-refractivity contribution >= 4 is 5.52 Å². The van der Waals surface area contributed by atoms with E-state index in [4.69, 9.17) is 12.3 Å². The molecule has 0 amide bonds. The highest BCUT2D eigenvalue weighted by Gasteiger charge is 2.14. The zero-order valence-corrected chi connectivity index (χ0v) is 6.88. The van der Waals surface area contributed by atoms with Gasteiger partial charge in [-0.05, 0) is 12.1 Å². The number of nitrogens with zero attached hydrogens (tertiary/aromatic N) is 3. The molecule has 4 heteroatoms. The second kappa shape index (κ2) is 2.88. The SMILES string of the molecule is [C-]#[N+]C(N)c1cnn2ccccc12. The van der Waals surface area contributed by atoms with Crippen molar-refractivity contribution in [2.75, 3.05) is 0 Å². The molecular weight excluding hydrogens is 164 g/mol. The molecule has 0 saturated carbocycles. The van der Waals surface area contributed by atoms with Crippen LogP contribution in [0.4, 0.5) is 0 Å². The summed E-state index contributed by atoms with van der Waals surface area (Å²) in [5.74, 6) is 0. The van der Waals surface area contributed by atoms with Gasteiger partial charge in [0.2, 0.25) is 0 Å². The van der Waals surface area contributed by atoms with E-state index in [-0.39, 0.29) is 0 Å². The normalized spacial score (nSPS) is 12.6. The Labute approximate surface area is 75.4 Å². The smallest absolute Gasteiger partial charge is 0.291 e. The Morgan fingerprint density at radius 2 is 2.38 bits per heavy atom. The molecule has 13 heavy (non-hydrogen) atoms. The molecule has 0 radical (unpaired) electrons. The van der Waals surface area contributed by atoms with Crippen molar-refractivity contribution in [2.45, 2.75) is 6.17 Å². The zero-order chi connectivity index (χ0) is 9.26. The molecule has 2 rings (SSSR count). The summed E-state index contributed by atoms with van der Waals surface area (Å²) in [6.07, 6.45) is 2.85. The largest absolute Gasteiger partial charge is 0.304 e. The van der Waals surface area contributed by atoms with Crippen LogP contribution < -0.4 is 5.73 Å². The highest BCUT2D eigenvalue weighted by molar-refractivity contribution is 5.55. The van der Waals surface area contributed by atoms with Gasteiger partial charge in [-0.2, -0.15) is 5.10 Å². The molecule has 1 atom stereocenters. The molecule has 2 heterocycles. The Morgan fingerprint density at radius 3 is 3.15 bits per heavy atom. The zero-order valence-electron chi connectivity index (χ0n) is 6.88. The van der Waals surface area contributed by atoms with E-state index in [9.17, 15) is 0 Å². The van der Waals surface area contributed by atoms with Gasteiger partial charge in [0, 0.05) is 6.20 Å². The van der Waals surface area contributed by atoms with E-state index in [1.165, 1.54) is 0 Å². The number of pyridine rings is 1. The standard InChI is InChI=1S/C9H8N4/c1-11-9(10)7-6-12-13-5-3-2-4-8(7)13/h2-6,9H,10H2. The molecule has 0 saturated heterocycles. The van der Waals surface area contributed by atoms with Crippen LogP contribution in [0.3, 0.4) is 0 Å². The van der Waals surface area contributed by atoms with Crippen molar-refractivity contribution in [1.82, 2.24) is 9.61 Å². The molecule has 0 aromatic carbocycles. The van der Waals surface area contributed by atoms with Crippen molar-refractivity contribution < 1.29 is 0 Å². The molecule has 0 fully saturated rings. The molecule has 0 spiro atoms. The van der Waals surface area contributed by atoms with Gasteiger partial charge in [0.15, 0.2) is 0 Å². The highest BCUT2D eigenvalue weighted by Crippen LogP contribution is 2.17. The topological polar surface area (TPSA) is 47.7 Å². The Morgan fingerprint density at radius 1 is 1.54 bits per heavy atom. The van der Waals surface area contributed by atoms with Crippen molar-refractivity contribution in [1.29, 1.82) is 0 Å². The molecule has 64 valence electrons. The van der Waals surface area contributed by atoms with Crippen LogP contribution in [0.2, 0.25) is 0 Å². The number of hydrogen-bond donors (Lipinski definition) is 1. The minimum atomic E-state index is -0.611. The molecule has 0 aliphatic carbocycles. The molecule has 0 bridgehead atoms. The van der Waals surface area contributed by atoms with E-state index in [2.05, 4.69) is 9.94 Å². The molecular formula is C9H8N4. The van der Waals surface area contributed by atoms with Gasteiger partial charge in [-0.15, -0.1) is 0 Å². The summed E-state index contributed by atoms with van der Waals surface area (Å²) in [5.41, 5.74) is 7.27. The lowest BCUT2D eigenvalue weighted by molar-refractivity contribution is 0.915. The van der Waals surface area contributed by atoms with E-state index >= 15 is 0 Å². The summed E-state index contributed by atoms with van der Waals surface area (Å²) in [5, 5.41) is 4.08. The van der Waals surface area contributed by atoms with Gasteiger partial charge >= 0.3 is 6.17 Å². The van der Waals surface area contributed by atoms with Crippen molar-refractivity contribution in [3.05, 3.63) is 47.6 Å². The maximum Gasteiger partial charge on any atom is 0.304 e. The van der Waals surface area contributed by atoms with Crippen LogP contribution in [0.1, 0.15) is 11.7 Å². The predicted molar refractivity (Wildman–Crippen MR) is 48.7 cm³/mol. The molecule has 1 unspecified atom stereocenters. The van der Waals surface area contributed by atoms with Crippen molar-refractivity contribution in [3.8, 4) is 0 Å². The van der Waals surface area contributed by atoms with Gasteiger partial charge in [-0.3, -0.25) is 10.6 Å². The van der Waals surface area contributed by atoms with E-state index in [0.717, 1.165) is 11.1 Å². The van der Waals surface area contributed by atoms with Crippen LogP contribution in [0.15, 0.2) is 30.6 Å². The summed E-state index contributed by atoms with van der Waals surface area (Å²) >= 11 is 0. The molecule has 0 aliphatic rings. The summed E-state index contributed by atoms with van der Waals surface area (Å²) in [7, 11) is 0. The van der Waals surface area contributed by atoms with Crippen LogP contribution in [0, 0.1) is 6.57 Å². The predicted octanol–water partition coefficient (Wildman–Crippen LogP) is 1.21. The number of nitrogens with two attached hydrogens (primary N) is 1. The summed E-state index contributed by atoms with van der Waals surface area (Å²) in [4.78, 5) is 3.26. The lowest BCUT2D eigenvalue weighted by Gasteiger charge is -1.95. The van der Waals surface area contributed by atoms with Gasteiger partial charge < -0.3 is 0 Å². The summed E-state index contributed by atoms with van der Waals surface area (Å²) in [6, 6.07) is 5.68. The number of rotatable bonds is 1. The van der Waals surface area contributed by atoms with Crippen LogP contribution >= 0.6 is 0 Å².